The number of nitrogens with zero attached hydrogens (tertiary/aromatic N) is 7. The highest BCUT2D eigenvalue weighted by Crippen LogP contribution is 2.30. The van der Waals surface area contributed by atoms with Gasteiger partial charge in [0.2, 0.25) is 0 Å². The Balaban J connectivity index is 1.44. The highest BCUT2D eigenvalue weighted by Gasteiger charge is 2.21. The zero-order valence-corrected chi connectivity index (χ0v) is 16.5. The molecule has 29 heavy (non-hydrogen) atoms. The third-order valence-electron chi connectivity index (χ3n) is 4.83. The summed E-state index contributed by atoms with van der Waals surface area (Å²) in [5.74, 6) is 2.12. The van der Waals surface area contributed by atoms with Crippen molar-refractivity contribution in [1.29, 1.82) is 0 Å². The topological polar surface area (TPSA) is 95.6 Å². The lowest BCUT2D eigenvalue weighted by atomic mass is 10.3. The largest absolute Gasteiger partial charge is 0.458 e. The van der Waals surface area contributed by atoms with Crippen LogP contribution in [-0.2, 0) is 13.7 Å². The second-order valence-electron chi connectivity index (χ2n) is 7.07. The molecular formula is C19H19ClN8O. The van der Waals surface area contributed by atoms with Crippen LogP contribution in [0.15, 0.2) is 36.4 Å². The Hall–Kier alpha value is -3.20. The van der Waals surface area contributed by atoms with E-state index in [0.29, 0.717) is 22.5 Å². The minimum atomic E-state index is 0.255. The number of nitrogens with one attached hydrogen (secondary N) is 1. The lowest BCUT2D eigenvalue weighted by Gasteiger charge is -2.09. The van der Waals surface area contributed by atoms with E-state index in [2.05, 4.69) is 30.8 Å². The van der Waals surface area contributed by atoms with Crippen molar-refractivity contribution in [3.8, 4) is 12.0 Å². The quantitative estimate of drug-likeness (QED) is 0.500. The Bertz CT molecular complexity index is 1170. The van der Waals surface area contributed by atoms with Crippen molar-refractivity contribution in [1.82, 2.24) is 34.7 Å². The maximum Gasteiger partial charge on any atom is 0.305 e. The van der Waals surface area contributed by atoms with Gasteiger partial charge < -0.3 is 10.1 Å². The number of halogens is 1. The summed E-state index contributed by atoms with van der Waals surface area (Å²) in [5.41, 5.74) is 2.18. The number of pyridine rings is 1. The monoisotopic (exact) mass is 410 g/mol. The predicted octanol–water partition coefficient (Wildman–Crippen LogP) is 3.00. The summed E-state index contributed by atoms with van der Waals surface area (Å²) >= 11 is 6.34. The number of imidazole rings is 1. The molecule has 1 aromatic carbocycles. The second-order valence-corrected chi connectivity index (χ2v) is 7.47. The summed E-state index contributed by atoms with van der Waals surface area (Å²) in [6.45, 7) is 1.22. The molecule has 1 saturated carbocycles. The van der Waals surface area contributed by atoms with Gasteiger partial charge in [0.1, 0.15) is 17.9 Å². The lowest BCUT2D eigenvalue weighted by molar-refractivity contribution is 0.272. The van der Waals surface area contributed by atoms with Crippen molar-refractivity contribution >= 4 is 28.5 Å². The highest BCUT2D eigenvalue weighted by atomic mass is 35.5. The van der Waals surface area contributed by atoms with E-state index in [1.165, 1.54) is 12.8 Å². The van der Waals surface area contributed by atoms with Gasteiger partial charge in [-0.15, -0.1) is 0 Å². The van der Waals surface area contributed by atoms with Crippen molar-refractivity contribution in [2.75, 3.05) is 11.9 Å². The number of benzene rings is 1. The number of tetrazole rings is 1. The molecule has 0 atom stereocenters. The summed E-state index contributed by atoms with van der Waals surface area (Å²) in [7, 11) is 1.76. The van der Waals surface area contributed by atoms with E-state index in [1.54, 1.807) is 22.4 Å². The van der Waals surface area contributed by atoms with Crippen LogP contribution >= 0.6 is 11.6 Å². The number of fused-ring (bicyclic) bond motifs is 1. The van der Waals surface area contributed by atoms with Crippen LogP contribution in [-0.4, -0.2) is 41.3 Å². The molecule has 0 bridgehead atoms. The zero-order valence-electron chi connectivity index (χ0n) is 15.8. The van der Waals surface area contributed by atoms with Gasteiger partial charge in [-0.3, -0.25) is 0 Å². The van der Waals surface area contributed by atoms with E-state index in [4.69, 9.17) is 16.3 Å². The van der Waals surface area contributed by atoms with Gasteiger partial charge in [-0.25, -0.2) is 14.2 Å². The SMILES string of the molecule is Cn1nnnc1-n1c(OCc2cccc(NCC3CC3)n2)nc2c(Cl)cccc21. The fourth-order valence-electron chi connectivity index (χ4n) is 3.12. The van der Waals surface area contributed by atoms with Crippen LogP contribution in [0.25, 0.3) is 17.0 Å². The van der Waals surface area contributed by atoms with Gasteiger partial charge in [-0.05, 0) is 53.5 Å². The fourth-order valence-corrected chi connectivity index (χ4v) is 3.33. The molecule has 3 heterocycles. The molecule has 148 valence electrons. The summed E-state index contributed by atoms with van der Waals surface area (Å²) in [6.07, 6.45) is 2.59. The molecule has 1 aliphatic rings. The molecule has 5 rings (SSSR count). The van der Waals surface area contributed by atoms with E-state index < -0.39 is 0 Å². The Morgan fingerprint density at radius 3 is 2.83 bits per heavy atom. The lowest BCUT2D eigenvalue weighted by Crippen LogP contribution is -2.09. The average molecular weight is 411 g/mol. The van der Waals surface area contributed by atoms with Crippen LogP contribution in [0.1, 0.15) is 18.5 Å². The smallest absolute Gasteiger partial charge is 0.305 e. The second kappa shape index (κ2) is 7.32. The molecule has 4 aromatic rings. The Morgan fingerprint density at radius 2 is 2.03 bits per heavy atom. The number of aromatic nitrogens is 7. The molecule has 0 unspecified atom stereocenters. The molecule has 10 heteroatoms. The highest BCUT2D eigenvalue weighted by molar-refractivity contribution is 6.35. The normalized spacial score (nSPS) is 13.7. The van der Waals surface area contributed by atoms with Gasteiger partial charge in [0.15, 0.2) is 0 Å². The first-order chi connectivity index (χ1) is 14.2. The maximum atomic E-state index is 6.34. The van der Waals surface area contributed by atoms with Crippen molar-refractivity contribution < 1.29 is 4.74 Å². The van der Waals surface area contributed by atoms with Gasteiger partial charge in [-0.2, -0.15) is 4.98 Å². The van der Waals surface area contributed by atoms with Gasteiger partial charge >= 0.3 is 6.01 Å². The Labute approximate surface area is 171 Å². The third kappa shape index (κ3) is 3.61. The minimum Gasteiger partial charge on any atom is -0.458 e. The van der Waals surface area contributed by atoms with Gasteiger partial charge in [0.25, 0.3) is 5.95 Å². The first-order valence-electron chi connectivity index (χ1n) is 9.41. The number of hydrogen-bond acceptors (Lipinski definition) is 7. The summed E-state index contributed by atoms with van der Waals surface area (Å²) in [4.78, 5) is 9.20. The predicted molar refractivity (Wildman–Crippen MR) is 108 cm³/mol. The standard InChI is InChI=1S/C19H19ClN8O/c1-27-18(24-25-26-27)28-15-6-3-5-14(20)17(15)23-19(28)29-11-13-4-2-7-16(22-13)21-10-12-8-9-12/h2-7,12H,8-11H2,1H3,(H,21,22). The number of hydrogen-bond donors (Lipinski definition) is 1. The zero-order chi connectivity index (χ0) is 19.8. The van der Waals surface area contributed by atoms with E-state index in [1.807, 2.05) is 30.3 Å². The van der Waals surface area contributed by atoms with E-state index in [-0.39, 0.29) is 6.61 Å². The molecule has 1 fully saturated rings. The van der Waals surface area contributed by atoms with E-state index >= 15 is 0 Å². The molecule has 1 N–H and O–H groups in total. The summed E-state index contributed by atoms with van der Waals surface area (Å²) < 4.78 is 9.33. The fraction of sp³-hybridized carbons (Fsp3) is 0.316. The van der Waals surface area contributed by atoms with Gasteiger partial charge in [0.05, 0.1) is 16.2 Å². The van der Waals surface area contributed by atoms with Gasteiger partial charge in [-0.1, -0.05) is 28.8 Å². The summed E-state index contributed by atoms with van der Waals surface area (Å²) in [5, 5.41) is 15.6. The first-order valence-corrected chi connectivity index (χ1v) is 9.79. The summed E-state index contributed by atoms with van der Waals surface area (Å²) in [6, 6.07) is 11.7. The van der Waals surface area contributed by atoms with Crippen LogP contribution in [0, 0.1) is 5.92 Å². The molecule has 0 saturated heterocycles. The minimum absolute atomic E-state index is 0.255. The molecule has 0 amide bonds. The number of rotatable bonds is 7. The van der Waals surface area contributed by atoms with Crippen molar-refractivity contribution in [3.05, 3.63) is 47.1 Å². The molecule has 0 aliphatic heterocycles. The van der Waals surface area contributed by atoms with Crippen LogP contribution in [0.3, 0.4) is 0 Å². The van der Waals surface area contributed by atoms with E-state index in [0.717, 1.165) is 29.5 Å². The molecule has 3 aromatic heterocycles. The Morgan fingerprint density at radius 1 is 1.17 bits per heavy atom. The van der Waals surface area contributed by atoms with Crippen molar-refractivity contribution in [2.45, 2.75) is 19.4 Å². The first kappa shape index (κ1) is 17.9. The molecule has 9 nitrogen and oxygen atoms in total. The number of aryl methyl sites for hydroxylation is 1. The molecule has 0 radical (unpaired) electrons. The van der Waals surface area contributed by atoms with Crippen LogP contribution in [0.5, 0.6) is 6.01 Å². The molecule has 1 aliphatic carbocycles. The van der Waals surface area contributed by atoms with E-state index in [9.17, 15) is 0 Å². The van der Waals surface area contributed by atoms with Crippen molar-refractivity contribution in [3.63, 3.8) is 0 Å². The third-order valence-corrected chi connectivity index (χ3v) is 5.13. The maximum absolute atomic E-state index is 6.34. The Kier molecular flexibility index (Phi) is 4.51. The molecule has 0 spiro atoms. The number of ether oxygens (including phenoxy) is 1. The average Bonchev–Trinajstić information content (AvgIpc) is 3.35. The molecular weight excluding hydrogens is 392 g/mol. The van der Waals surface area contributed by atoms with Crippen molar-refractivity contribution in [2.24, 2.45) is 13.0 Å². The van der Waals surface area contributed by atoms with Gasteiger partial charge in [0, 0.05) is 13.6 Å². The van der Waals surface area contributed by atoms with Crippen LogP contribution in [0.4, 0.5) is 5.82 Å². The number of anilines is 1. The van der Waals surface area contributed by atoms with Crippen LogP contribution < -0.4 is 10.1 Å². The van der Waals surface area contributed by atoms with Crippen LogP contribution in [0.2, 0.25) is 5.02 Å². The number of para-hydroxylation sites is 1.